The molecule has 11 heteroatoms. The van der Waals surface area contributed by atoms with E-state index in [1.54, 1.807) is 42.9 Å². The second-order valence-corrected chi connectivity index (χ2v) is 7.53. The zero-order valence-corrected chi connectivity index (χ0v) is 18.4. The minimum absolute atomic E-state index is 0.255. The van der Waals surface area contributed by atoms with Crippen LogP contribution in [-0.2, 0) is 6.18 Å². The highest BCUT2D eigenvalue weighted by Gasteiger charge is 2.41. The zero-order valence-electron chi connectivity index (χ0n) is 18.4. The Kier molecular flexibility index (Phi) is 6.01. The lowest BCUT2D eigenvalue weighted by Gasteiger charge is -2.12. The van der Waals surface area contributed by atoms with Gasteiger partial charge in [0.05, 0.1) is 5.69 Å². The van der Waals surface area contributed by atoms with E-state index in [-0.39, 0.29) is 11.6 Å². The summed E-state index contributed by atoms with van der Waals surface area (Å²) < 4.78 is 44.1. The summed E-state index contributed by atoms with van der Waals surface area (Å²) in [6.07, 6.45) is 0.189. The second kappa shape index (κ2) is 8.93. The van der Waals surface area contributed by atoms with Crippen molar-refractivity contribution in [3.63, 3.8) is 0 Å². The number of halogens is 3. The fourth-order valence-electron chi connectivity index (χ4n) is 3.19. The zero-order chi connectivity index (χ0) is 24.5. The molecular formula is C23H19F3N6O2. The van der Waals surface area contributed by atoms with E-state index in [1.807, 2.05) is 19.9 Å². The number of carbonyl (C=O) groups excluding carboxylic acids is 1. The number of anilines is 3. The molecule has 0 unspecified atom stereocenters. The summed E-state index contributed by atoms with van der Waals surface area (Å²) in [5, 5.41) is 5.51. The summed E-state index contributed by atoms with van der Waals surface area (Å²) in [6.45, 7) is 4.99. The van der Waals surface area contributed by atoms with Gasteiger partial charge in [-0.25, -0.2) is 15.0 Å². The van der Waals surface area contributed by atoms with Crippen LogP contribution in [0.2, 0.25) is 0 Å². The van der Waals surface area contributed by atoms with Crippen molar-refractivity contribution in [2.24, 2.45) is 0 Å². The monoisotopic (exact) mass is 468 g/mol. The summed E-state index contributed by atoms with van der Waals surface area (Å²) >= 11 is 0. The Bertz CT molecular complexity index is 1370. The molecule has 2 N–H and O–H groups in total. The predicted octanol–water partition coefficient (Wildman–Crippen LogP) is 5.47. The fourth-order valence-corrected chi connectivity index (χ4v) is 3.19. The molecule has 0 saturated heterocycles. The number of aromatic nitrogens is 4. The van der Waals surface area contributed by atoms with Gasteiger partial charge in [0.15, 0.2) is 11.6 Å². The first kappa shape index (κ1) is 22.9. The maximum atomic E-state index is 13.2. The molecule has 0 aliphatic rings. The molecule has 0 spiro atoms. The van der Waals surface area contributed by atoms with Crippen molar-refractivity contribution < 1.29 is 22.4 Å². The quantitative estimate of drug-likeness (QED) is 0.400. The van der Waals surface area contributed by atoms with Crippen LogP contribution >= 0.6 is 0 Å². The van der Waals surface area contributed by atoms with Gasteiger partial charge in [0, 0.05) is 42.5 Å². The number of carbonyl (C=O) groups is 1. The van der Waals surface area contributed by atoms with Gasteiger partial charge in [0.2, 0.25) is 11.7 Å². The predicted molar refractivity (Wildman–Crippen MR) is 119 cm³/mol. The molecule has 1 aromatic carbocycles. The van der Waals surface area contributed by atoms with Gasteiger partial charge in [-0.3, -0.25) is 9.78 Å². The number of nitrogens with one attached hydrogen (secondary N) is 2. The van der Waals surface area contributed by atoms with Crippen LogP contribution in [0.3, 0.4) is 0 Å². The van der Waals surface area contributed by atoms with Crippen molar-refractivity contribution in [2.45, 2.75) is 26.9 Å². The largest absolute Gasteiger partial charge is 0.452 e. The summed E-state index contributed by atoms with van der Waals surface area (Å²) in [5.74, 6) is -2.44. The van der Waals surface area contributed by atoms with Crippen molar-refractivity contribution in [1.82, 2.24) is 19.9 Å². The highest BCUT2D eigenvalue weighted by atomic mass is 19.4. The van der Waals surface area contributed by atoms with E-state index in [2.05, 4.69) is 35.0 Å². The normalized spacial score (nSPS) is 11.4. The lowest BCUT2D eigenvalue weighted by atomic mass is 10.1. The molecule has 174 valence electrons. The Morgan fingerprint density at radius 3 is 2.56 bits per heavy atom. The number of hydrogen-bond donors (Lipinski definition) is 2. The summed E-state index contributed by atoms with van der Waals surface area (Å²) in [6, 6.07) is 8.53. The van der Waals surface area contributed by atoms with Gasteiger partial charge in [-0.1, -0.05) is 6.07 Å². The Hall–Kier alpha value is -4.28. The molecule has 3 heterocycles. The smallest absolute Gasteiger partial charge is 0.436 e. The van der Waals surface area contributed by atoms with Gasteiger partial charge in [0.1, 0.15) is 0 Å². The summed E-state index contributed by atoms with van der Waals surface area (Å²) in [7, 11) is 0. The number of pyridine rings is 1. The Balaban J connectivity index is 1.57. The van der Waals surface area contributed by atoms with Crippen LogP contribution in [-0.4, -0.2) is 25.8 Å². The number of benzene rings is 1. The molecule has 0 aliphatic carbocycles. The maximum Gasteiger partial charge on any atom is 0.452 e. The van der Waals surface area contributed by atoms with Crippen LogP contribution in [0.4, 0.5) is 30.5 Å². The molecule has 0 saturated carbocycles. The molecule has 8 nitrogen and oxygen atoms in total. The Morgan fingerprint density at radius 2 is 1.82 bits per heavy atom. The van der Waals surface area contributed by atoms with Gasteiger partial charge >= 0.3 is 6.18 Å². The molecule has 34 heavy (non-hydrogen) atoms. The van der Waals surface area contributed by atoms with Crippen LogP contribution in [0.25, 0.3) is 11.3 Å². The van der Waals surface area contributed by atoms with E-state index in [0.717, 1.165) is 16.7 Å². The standard InChI is InChI=1S/C23H19F3N6O2/c1-12-8-15(11-27-10-12)17-6-7-28-22(31-17)32-18-9-16(5-4-13(18)2)30-21(33)19-20(23(24,25)26)34-14(3)29-19/h4-11H,1-3H3,(H,30,33)(H,28,31,32). The van der Waals surface area contributed by atoms with Gasteiger partial charge < -0.3 is 15.1 Å². The van der Waals surface area contributed by atoms with Crippen molar-refractivity contribution in [2.75, 3.05) is 10.6 Å². The minimum Gasteiger partial charge on any atom is -0.436 e. The molecule has 0 bridgehead atoms. The molecule has 0 atom stereocenters. The topological polar surface area (TPSA) is 106 Å². The van der Waals surface area contributed by atoms with Crippen LogP contribution < -0.4 is 10.6 Å². The van der Waals surface area contributed by atoms with Crippen LogP contribution in [0.1, 0.15) is 33.3 Å². The minimum atomic E-state index is -4.84. The number of nitrogens with zero attached hydrogens (tertiary/aromatic N) is 4. The molecule has 4 rings (SSSR count). The second-order valence-electron chi connectivity index (χ2n) is 7.53. The third-order valence-corrected chi connectivity index (χ3v) is 4.77. The lowest BCUT2D eigenvalue weighted by Crippen LogP contribution is -2.18. The van der Waals surface area contributed by atoms with Crippen molar-refractivity contribution in [3.05, 3.63) is 77.4 Å². The molecule has 0 radical (unpaired) electrons. The molecule has 1 amide bonds. The first-order valence-electron chi connectivity index (χ1n) is 10.1. The highest BCUT2D eigenvalue weighted by Crippen LogP contribution is 2.33. The lowest BCUT2D eigenvalue weighted by molar-refractivity contribution is -0.153. The molecule has 3 aromatic heterocycles. The summed E-state index contributed by atoms with van der Waals surface area (Å²) in [4.78, 5) is 29.0. The Morgan fingerprint density at radius 1 is 1.03 bits per heavy atom. The maximum absolute atomic E-state index is 13.2. The average Bonchev–Trinajstić information content (AvgIpc) is 3.19. The van der Waals surface area contributed by atoms with E-state index in [1.165, 1.54) is 6.92 Å². The number of oxazole rings is 1. The number of aryl methyl sites for hydroxylation is 3. The third-order valence-electron chi connectivity index (χ3n) is 4.77. The first-order valence-corrected chi connectivity index (χ1v) is 10.1. The average molecular weight is 468 g/mol. The van der Waals surface area contributed by atoms with E-state index < -0.39 is 23.5 Å². The van der Waals surface area contributed by atoms with Crippen molar-refractivity contribution in [1.29, 1.82) is 0 Å². The van der Waals surface area contributed by atoms with E-state index in [9.17, 15) is 18.0 Å². The molecule has 0 aliphatic heterocycles. The van der Waals surface area contributed by atoms with Gasteiger partial charge in [-0.15, -0.1) is 0 Å². The highest BCUT2D eigenvalue weighted by molar-refractivity contribution is 6.04. The first-order chi connectivity index (χ1) is 16.1. The van der Waals surface area contributed by atoms with Crippen LogP contribution in [0, 0.1) is 20.8 Å². The number of alkyl halides is 3. The van der Waals surface area contributed by atoms with Crippen LogP contribution in [0.15, 0.2) is 53.3 Å². The van der Waals surface area contributed by atoms with Gasteiger partial charge in [0.25, 0.3) is 5.91 Å². The summed E-state index contributed by atoms with van der Waals surface area (Å²) in [5.41, 5.74) is 3.26. The van der Waals surface area contributed by atoms with Crippen LogP contribution in [0.5, 0.6) is 0 Å². The number of hydrogen-bond acceptors (Lipinski definition) is 7. The molecule has 0 fully saturated rings. The molecular weight excluding hydrogens is 449 g/mol. The third kappa shape index (κ3) is 5.03. The van der Waals surface area contributed by atoms with E-state index in [4.69, 9.17) is 0 Å². The SMILES string of the molecule is Cc1cncc(-c2ccnc(Nc3cc(NC(=O)c4nc(C)oc4C(F)(F)F)ccc3C)n2)c1. The number of amides is 1. The van der Waals surface area contributed by atoms with Gasteiger partial charge in [-0.2, -0.15) is 13.2 Å². The van der Waals surface area contributed by atoms with E-state index in [0.29, 0.717) is 17.3 Å². The van der Waals surface area contributed by atoms with Gasteiger partial charge in [-0.05, 0) is 49.2 Å². The van der Waals surface area contributed by atoms with Crippen molar-refractivity contribution in [3.8, 4) is 11.3 Å². The van der Waals surface area contributed by atoms with Crippen molar-refractivity contribution >= 4 is 23.2 Å². The number of rotatable bonds is 5. The molecule has 4 aromatic rings. The van der Waals surface area contributed by atoms with E-state index >= 15 is 0 Å². The fraction of sp³-hybridized carbons (Fsp3) is 0.174. The Labute approximate surface area is 192 Å².